The maximum atomic E-state index is 12.2. The molecule has 2 N–H and O–H groups in total. The van der Waals surface area contributed by atoms with Crippen molar-refractivity contribution < 1.29 is 9.53 Å². The average Bonchev–Trinajstić information content (AvgIpc) is 2.68. The summed E-state index contributed by atoms with van der Waals surface area (Å²) >= 11 is 0. The molecule has 1 aromatic rings. The van der Waals surface area contributed by atoms with Crippen molar-refractivity contribution in [3.63, 3.8) is 0 Å². The first-order chi connectivity index (χ1) is 9.83. The second-order valence-corrected chi connectivity index (χ2v) is 5.35. The fourth-order valence-electron chi connectivity index (χ4n) is 2.78. The van der Waals surface area contributed by atoms with E-state index in [1.165, 1.54) is 0 Å². The third-order valence-electron chi connectivity index (χ3n) is 3.84. The molecule has 3 rings (SSSR count). The van der Waals surface area contributed by atoms with E-state index in [1.807, 2.05) is 24.3 Å². The van der Waals surface area contributed by atoms with Crippen molar-refractivity contribution in [2.24, 2.45) is 0 Å². The molecule has 0 spiro atoms. The first-order valence-corrected chi connectivity index (χ1v) is 7.27. The van der Waals surface area contributed by atoms with Gasteiger partial charge in [0.2, 0.25) is 5.91 Å². The first-order valence-electron chi connectivity index (χ1n) is 7.27. The molecule has 2 aliphatic heterocycles. The SMILES string of the molecule is O=C(CN1CCCNCC1)NC1COc2ccccc21. The zero-order valence-corrected chi connectivity index (χ0v) is 11.6. The van der Waals surface area contributed by atoms with Crippen molar-refractivity contribution in [1.29, 1.82) is 0 Å². The molecule has 0 aromatic heterocycles. The fourth-order valence-corrected chi connectivity index (χ4v) is 2.78. The van der Waals surface area contributed by atoms with Crippen molar-refractivity contribution in [1.82, 2.24) is 15.5 Å². The Morgan fingerprint density at radius 2 is 2.25 bits per heavy atom. The molecular formula is C15H21N3O2. The van der Waals surface area contributed by atoms with Crippen LogP contribution in [0.4, 0.5) is 0 Å². The number of amides is 1. The number of hydrogen-bond donors (Lipinski definition) is 2. The molecule has 1 aromatic carbocycles. The normalized spacial score (nSPS) is 22.7. The van der Waals surface area contributed by atoms with Gasteiger partial charge in [-0.05, 0) is 25.6 Å². The van der Waals surface area contributed by atoms with Gasteiger partial charge in [-0.1, -0.05) is 18.2 Å². The number of carbonyl (C=O) groups is 1. The Hall–Kier alpha value is -1.59. The van der Waals surface area contributed by atoms with E-state index in [1.54, 1.807) is 0 Å². The van der Waals surface area contributed by atoms with Crippen LogP contribution in [0.2, 0.25) is 0 Å². The van der Waals surface area contributed by atoms with E-state index in [2.05, 4.69) is 15.5 Å². The van der Waals surface area contributed by atoms with Gasteiger partial charge in [-0.3, -0.25) is 9.69 Å². The van der Waals surface area contributed by atoms with Gasteiger partial charge in [0.1, 0.15) is 12.4 Å². The summed E-state index contributed by atoms with van der Waals surface area (Å²) in [6, 6.07) is 7.88. The Morgan fingerprint density at radius 3 is 3.20 bits per heavy atom. The number of fused-ring (bicyclic) bond motifs is 1. The Labute approximate surface area is 119 Å². The van der Waals surface area contributed by atoms with Crippen molar-refractivity contribution >= 4 is 5.91 Å². The molecule has 0 saturated carbocycles. The highest BCUT2D eigenvalue weighted by Gasteiger charge is 2.25. The third-order valence-corrected chi connectivity index (χ3v) is 3.84. The second kappa shape index (κ2) is 6.24. The summed E-state index contributed by atoms with van der Waals surface area (Å²) < 4.78 is 5.58. The van der Waals surface area contributed by atoms with Crippen LogP contribution in [0.25, 0.3) is 0 Å². The van der Waals surface area contributed by atoms with Crippen molar-refractivity contribution in [2.45, 2.75) is 12.5 Å². The number of nitrogens with one attached hydrogen (secondary N) is 2. The molecule has 2 aliphatic rings. The third kappa shape index (κ3) is 3.11. The van der Waals surface area contributed by atoms with Crippen LogP contribution in [-0.2, 0) is 4.79 Å². The highest BCUT2D eigenvalue weighted by Crippen LogP contribution is 2.31. The number of benzene rings is 1. The van der Waals surface area contributed by atoms with Gasteiger partial charge in [0.25, 0.3) is 0 Å². The van der Waals surface area contributed by atoms with Gasteiger partial charge in [0.05, 0.1) is 12.6 Å². The topological polar surface area (TPSA) is 53.6 Å². The van der Waals surface area contributed by atoms with Crippen molar-refractivity contribution in [2.75, 3.05) is 39.3 Å². The average molecular weight is 275 g/mol. The lowest BCUT2D eigenvalue weighted by molar-refractivity contribution is -0.123. The van der Waals surface area contributed by atoms with Crippen LogP contribution < -0.4 is 15.4 Å². The maximum Gasteiger partial charge on any atom is 0.234 e. The summed E-state index contributed by atoms with van der Waals surface area (Å²) in [5, 5.41) is 6.42. The van der Waals surface area contributed by atoms with Crippen LogP contribution in [0, 0.1) is 0 Å². The van der Waals surface area contributed by atoms with E-state index in [9.17, 15) is 4.79 Å². The lowest BCUT2D eigenvalue weighted by Gasteiger charge is -2.20. The molecule has 5 heteroatoms. The van der Waals surface area contributed by atoms with E-state index in [-0.39, 0.29) is 11.9 Å². The second-order valence-electron chi connectivity index (χ2n) is 5.35. The van der Waals surface area contributed by atoms with Gasteiger partial charge < -0.3 is 15.4 Å². The summed E-state index contributed by atoms with van der Waals surface area (Å²) in [5.41, 5.74) is 1.08. The van der Waals surface area contributed by atoms with Gasteiger partial charge in [-0.25, -0.2) is 0 Å². The Morgan fingerprint density at radius 1 is 1.35 bits per heavy atom. The summed E-state index contributed by atoms with van der Waals surface area (Å²) in [7, 11) is 0. The maximum absolute atomic E-state index is 12.2. The minimum atomic E-state index is -0.0104. The molecule has 1 saturated heterocycles. The van der Waals surface area contributed by atoms with Gasteiger partial charge in [0.15, 0.2) is 0 Å². The Kier molecular flexibility index (Phi) is 4.18. The number of para-hydroxylation sites is 1. The molecule has 0 radical (unpaired) electrons. The Balaban J connectivity index is 1.54. The molecule has 108 valence electrons. The zero-order chi connectivity index (χ0) is 13.8. The smallest absolute Gasteiger partial charge is 0.234 e. The molecule has 0 bridgehead atoms. The molecule has 1 atom stereocenters. The van der Waals surface area contributed by atoms with Crippen LogP contribution in [0.5, 0.6) is 5.75 Å². The predicted molar refractivity (Wildman–Crippen MR) is 76.7 cm³/mol. The minimum Gasteiger partial charge on any atom is -0.491 e. The van der Waals surface area contributed by atoms with Crippen molar-refractivity contribution in [3.8, 4) is 5.75 Å². The molecule has 5 nitrogen and oxygen atoms in total. The fraction of sp³-hybridized carbons (Fsp3) is 0.533. The number of hydrogen-bond acceptors (Lipinski definition) is 4. The first kappa shape index (κ1) is 13.4. The van der Waals surface area contributed by atoms with Gasteiger partial charge in [-0.15, -0.1) is 0 Å². The predicted octanol–water partition coefficient (Wildman–Crippen LogP) is 0.532. The summed E-state index contributed by atoms with van der Waals surface area (Å²) in [4.78, 5) is 14.4. The van der Waals surface area contributed by atoms with Crippen LogP contribution in [0.1, 0.15) is 18.0 Å². The molecule has 1 fully saturated rings. The zero-order valence-electron chi connectivity index (χ0n) is 11.6. The molecule has 1 amide bonds. The number of carbonyl (C=O) groups excluding carboxylic acids is 1. The monoisotopic (exact) mass is 275 g/mol. The molecule has 2 heterocycles. The van der Waals surface area contributed by atoms with E-state index in [4.69, 9.17) is 4.74 Å². The van der Waals surface area contributed by atoms with Crippen LogP contribution in [-0.4, -0.2) is 50.1 Å². The highest BCUT2D eigenvalue weighted by atomic mass is 16.5. The summed E-state index contributed by atoms with van der Waals surface area (Å²) in [6.45, 7) is 4.93. The van der Waals surface area contributed by atoms with Gasteiger partial charge in [-0.2, -0.15) is 0 Å². The number of ether oxygens (including phenoxy) is 1. The Bertz CT molecular complexity index is 470. The molecule has 0 aliphatic carbocycles. The molecule has 1 unspecified atom stereocenters. The molecular weight excluding hydrogens is 254 g/mol. The van der Waals surface area contributed by atoms with Crippen LogP contribution in [0.3, 0.4) is 0 Å². The highest BCUT2D eigenvalue weighted by molar-refractivity contribution is 5.78. The number of rotatable bonds is 3. The summed E-state index contributed by atoms with van der Waals surface area (Å²) in [6.07, 6.45) is 1.10. The van der Waals surface area contributed by atoms with Crippen molar-refractivity contribution in [3.05, 3.63) is 29.8 Å². The summed E-state index contributed by atoms with van der Waals surface area (Å²) in [5.74, 6) is 0.967. The van der Waals surface area contributed by atoms with Gasteiger partial charge >= 0.3 is 0 Å². The standard InChI is InChI=1S/C15H21N3O2/c19-15(10-18-8-3-6-16-7-9-18)17-13-11-20-14-5-2-1-4-12(13)14/h1-2,4-5,13,16H,3,6-11H2,(H,17,19). The minimum absolute atomic E-state index is 0.0104. The largest absolute Gasteiger partial charge is 0.491 e. The lowest BCUT2D eigenvalue weighted by Crippen LogP contribution is -2.40. The lowest BCUT2D eigenvalue weighted by atomic mass is 10.1. The van der Waals surface area contributed by atoms with Crippen LogP contribution >= 0.6 is 0 Å². The quantitative estimate of drug-likeness (QED) is 0.845. The van der Waals surface area contributed by atoms with E-state index >= 15 is 0 Å². The molecule has 20 heavy (non-hydrogen) atoms. The van der Waals surface area contributed by atoms with E-state index in [0.717, 1.165) is 43.9 Å². The van der Waals surface area contributed by atoms with Crippen LogP contribution in [0.15, 0.2) is 24.3 Å². The van der Waals surface area contributed by atoms with Gasteiger partial charge in [0, 0.05) is 18.7 Å². The van der Waals surface area contributed by atoms with E-state index < -0.39 is 0 Å². The number of nitrogens with zero attached hydrogens (tertiary/aromatic N) is 1. The van der Waals surface area contributed by atoms with E-state index in [0.29, 0.717) is 13.2 Å².